The number of nitrogens with zero attached hydrogens (tertiary/aromatic N) is 3. The summed E-state index contributed by atoms with van der Waals surface area (Å²) in [6, 6.07) is 7.62. The van der Waals surface area contributed by atoms with Gasteiger partial charge in [0.1, 0.15) is 5.75 Å². The van der Waals surface area contributed by atoms with Crippen molar-refractivity contribution >= 4 is 0 Å². The van der Waals surface area contributed by atoms with Crippen LogP contribution in [0, 0.1) is 5.92 Å². The molecule has 0 radical (unpaired) electrons. The first kappa shape index (κ1) is 14.7. The number of ether oxygens (including phenoxy) is 1. The SMILES string of the molecule is COc1ccc(-c2noc(C3CC(O)CN3CC3CC3)n2)cc1. The molecule has 0 spiro atoms. The molecule has 2 atom stereocenters. The average molecular weight is 315 g/mol. The molecule has 1 saturated heterocycles. The lowest BCUT2D eigenvalue weighted by atomic mass is 10.2. The number of benzene rings is 1. The molecular weight excluding hydrogens is 294 g/mol. The molecule has 1 aromatic heterocycles. The van der Waals surface area contributed by atoms with E-state index in [-0.39, 0.29) is 12.1 Å². The Morgan fingerprint density at radius 3 is 2.78 bits per heavy atom. The van der Waals surface area contributed by atoms with Crippen LogP contribution in [-0.4, -0.2) is 46.5 Å². The minimum absolute atomic E-state index is 0.0325. The zero-order chi connectivity index (χ0) is 15.8. The van der Waals surface area contributed by atoms with E-state index in [1.165, 1.54) is 12.8 Å². The number of methoxy groups -OCH3 is 1. The van der Waals surface area contributed by atoms with Crippen LogP contribution >= 0.6 is 0 Å². The Kier molecular flexibility index (Phi) is 3.79. The van der Waals surface area contributed by atoms with Crippen molar-refractivity contribution in [2.75, 3.05) is 20.2 Å². The van der Waals surface area contributed by atoms with E-state index in [0.29, 0.717) is 24.7 Å². The lowest BCUT2D eigenvalue weighted by Gasteiger charge is -2.20. The number of aromatic nitrogens is 2. The summed E-state index contributed by atoms with van der Waals surface area (Å²) in [4.78, 5) is 6.84. The van der Waals surface area contributed by atoms with Crippen LogP contribution in [0.2, 0.25) is 0 Å². The molecule has 2 fully saturated rings. The Hall–Kier alpha value is -1.92. The van der Waals surface area contributed by atoms with Crippen LogP contribution in [-0.2, 0) is 0 Å². The summed E-state index contributed by atoms with van der Waals surface area (Å²) < 4.78 is 10.7. The second-order valence-corrected chi connectivity index (χ2v) is 6.49. The summed E-state index contributed by atoms with van der Waals surface area (Å²) >= 11 is 0. The molecule has 2 unspecified atom stereocenters. The summed E-state index contributed by atoms with van der Waals surface area (Å²) in [5, 5.41) is 14.1. The summed E-state index contributed by atoms with van der Waals surface area (Å²) in [6.45, 7) is 1.71. The van der Waals surface area contributed by atoms with Gasteiger partial charge in [-0.05, 0) is 49.4 Å². The molecule has 122 valence electrons. The Bertz CT molecular complexity index is 666. The van der Waals surface area contributed by atoms with Gasteiger partial charge in [0.25, 0.3) is 0 Å². The molecule has 0 amide bonds. The zero-order valence-electron chi connectivity index (χ0n) is 13.2. The minimum atomic E-state index is -0.310. The second-order valence-electron chi connectivity index (χ2n) is 6.49. The van der Waals surface area contributed by atoms with Crippen molar-refractivity contribution in [2.45, 2.75) is 31.4 Å². The molecule has 1 N–H and O–H groups in total. The van der Waals surface area contributed by atoms with Crippen LogP contribution in [0.3, 0.4) is 0 Å². The molecule has 1 aliphatic carbocycles. The summed E-state index contributed by atoms with van der Waals surface area (Å²) in [5.41, 5.74) is 0.896. The first-order chi connectivity index (χ1) is 11.2. The van der Waals surface area contributed by atoms with Gasteiger partial charge in [0.15, 0.2) is 0 Å². The minimum Gasteiger partial charge on any atom is -0.497 e. The quantitative estimate of drug-likeness (QED) is 0.912. The van der Waals surface area contributed by atoms with Crippen LogP contribution in [0.4, 0.5) is 0 Å². The first-order valence-corrected chi connectivity index (χ1v) is 8.13. The number of hydrogen-bond donors (Lipinski definition) is 1. The lowest BCUT2D eigenvalue weighted by Crippen LogP contribution is -2.27. The molecule has 23 heavy (non-hydrogen) atoms. The summed E-state index contributed by atoms with van der Waals surface area (Å²) in [6.07, 6.45) is 2.94. The molecule has 4 rings (SSSR count). The van der Waals surface area contributed by atoms with Gasteiger partial charge in [0.2, 0.25) is 11.7 Å². The highest BCUT2D eigenvalue weighted by Crippen LogP contribution is 2.37. The lowest BCUT2D eigenvalue weighted by molar-refractivity contribution is 0.170. The number of rotatable bonds is 5. The van der Waals surface area contributed by atoms with Crippen molar-refractivity contribution in [3.8, 4) is 17.1 Å². The van der Waals surface area contributed by atoms with Gasteiger partial charge >= 0.3 is 0 Å². The second kappa shape index (κ2) is 5.94. The van der Waals surface area contributed by atoms with Crippen LogP contribution in [0.1, 0.15) is 31.2 Å². The maximum Gasteiger partial charge on any atom is 0.244 e. The third-order valence-corrected chi connectivity index (χ3v) is 4.65. The van der Waals surface area contributed by atoms with Crippen molar-refractivity contribution < 1.29 is 14.4 Å². The fourth-order valence-electron chi connectivity index (χ4n) is 3.20. The van der Waals surface area contributed by atoms with Crippen molar-refractivity contribution in [2.24, 2.45) is 5.92 Å². The van der Waals surface area contributed by atoms with E-state index < -0.39 is 0 Å². The van der Waals surface area contributed by atoms with E-state index in [1.54, 1.807) is 7.11 Å². The van der Waals surface area contributed by atoms with E-state index in [9.17, 15) is 5.11 Å². The zero-order valence-corrected chi connectivity index (χ0v) is 13.2. The molecule has 1 aromatic carbocycles. The van der Waals surface area contributed by atoms with Gasteiger partial charge in [-0.3, -0.25) is 4.90 Å². The number of β-amino-alcohol motifs (C(OH)–C–C–N with tert-alkyl or cyclic N) is 1. The van der Waals surface area contributed by atoms with E-state index in [0.717, 1.165) is 23.8 Å². The van der Waals surface area contributed by atoms with E-state index >= 15 is 0 Å². The fraction of sp³-hybridized carbons (Fsp3) is 0.529. The third-order valence-electron chi connectivity index (χ3n) is 4.65. The molecule has 2 aromatic rings. The Morgan fingerprint density at radius 2 is 2.09 bits per heavy atom. The van der Waals surface area contributed by atoms with Crippen molar-refractivity contribution in [3.05, 3.63) is 30.2 Å². The van der Waals surface area contributed by atoms with Crippen LogP contribution in [0.25, 0.3) is 11.4 Å². The molecule has 2 aliphatic rings. The molecule has 0 bridgehead atoms. The van der Waals surface area contributed by atoms with Gasteiger partial charge in [0, 0.05) is 18.7 Å². The smallest absolute Gasteiger partial charge is 0.244 e. The predicted molar refractivity (Wildman–Crippen MR) is 83.9 cm³/mol. The molecule has 1 saturated carbocycles. The monoisotopic (exact) mass is 315 g/mol. The van der Waals surface area contributed by atoms with Crippen LogP contribution < -0.4 is 4.74 Å². The Balaban J connectivity index is 1.53. The standard InChI is InChI=1S/C17H21N3O3/c1-22-14-6-4-12(5-7-14)16-18-17(23-19-16)15-8-13(21)10-20(15)9-11-2-3-11/h4-7,11,13,15,21H,2-3,8-10H2,1H3. The maximum atomic E-state index is 10.0. The Morgan fingerprint density at radius 1 is 1.30 bits per heavy atom. The Labute approximate surface area is 135 Å². The van der Waals surface area contributed by atoms with Crippen molar-refractivity contribution in [1.82, 2.24) is 15.0 Å². The molecule has 6 nitrogen and oxygen atoms in total. The van der Waals surface area contributed by atoms with Gasteiger partial charge in [-0.15, -0.1) is 0 Å². The molecule has 6 heteroatoms. The summed E-state index contributed by atoms with van der Waals surface area (Å²) in [5.74, 6) is 2.75. The third kappa shape index (κ3) is 3.09. The molecule has 1 aliphatic heterocycles. The van der Waals surface area contributed by atoms with E-state index in [2.05, 4.69) is 15.0 Å². The van der Waals surface area contributed by atoms with Gasteiger partial charge in [0.05, 0.1) is 19.3 Å². The number of likely N-dealkylation sites (tertiary alicyclic amines) is 1. The maximum absolute atomic E-state index is 10.0. The van der Waals surface area contributed by atoms with Gasteiger partial charge in [-0.2, -0.15) is 4.98 Å². The molecule has 2 heterocycles. The highest BCUT2D eigenvalue weighted by atomic mass is 16.5. The van der Waals surface area contributed by atoms with E-state index in [4.69, 9.17) is 9.26 Å². The first-order valence-electron chi connectivity index (χ1n) is 8.13. The highest BCUT2D eigenvalue weighted by molar-refractivity contribution is 5.55. The topological polar surface area (TPSA) is 71.6 Å². The summed E-state index contributed by atoms with van der Waals surface area (Å²) in [7, 11) is 1.64. The number of aliphatic hydroxyl groups excluding tert-OH is 1. The molecular formula is C17H21N3O3. The largest absolute Gasteiger partial charge is 0.497 e. The normalized spacial score (nSPS) is 25.0. The van der Waals surface area contributed by atoms with Crippen molar-refractivity contribution in [1.29, 1.82) is 0 Å². The van der Waals surface area contributed by atoms with Crippen molar-refractivity contribution in [3.63, 3.8) is 0 Å². The fourth-order valence-corrected chi connectivity index (χ4v) is 3.20. The van der Waals surface area contributed by atoms with Crippen LogP contribution in [0.5, 0.6) is 5.75 Å². The number of hydrogen-bond acceptors (Lipinski definition) is 6. The highest BCUT2D eigenvalue weighted by Gasteiger charge is 2.38. The predicted octanol–water partition coefficient (Wildman–Crippen LogP) is 2.26. The average Bonchev–Trinajstić information content (AvgIpc) is 3.11. The van der Waals surface area contributed by atoms with Gasteiger partial charge in [-0.1, -0.05) is 5.16 Å². The van der Waals surface area contributed by atoms with E-state index in [1.807, 2.05) is 24.3 Å². The van der Waals surface area contributed by atoms with Gasteiger partial charge in [-0.25, -0.2) is 0 Å². The van der Waals surface area contributed by atoms with Crippen LogP contribution in [0.15, 0.2) is 28.8 Å². The van der Waals surface area contributed by atoms with Gasteiger partial charge < -0.3 is 14.4 Å². The number of aliphatic hydroxyl groups is 1.